The number of hydrogen-bond donors (Lipinski definition) is 1. The van der Waals surface area contributed by atoms with Crippen LogP contribution in [0, 0.1) is 5.82 Å². The summed E-state index contributed by atoms with van der Waals surface area (Å²) in [5.41, 5.74) is 2.23. The molecule has 0 spiro atoms. The molecule has 1 aromatic heterocycles. The van der Waals surface area contributed by atoms with Gasteiger partial charge in [-0.2, -0.15) is 0 Å². The molecule has 1 N–H and O–H groups in total. The van der Waals surface area contributed by atoms with E-state index in [2.05, 4.69) is 4.72 Å². The summed E-state index contributed by atoms with van der Waals surface area (Å²) >= 11 is -1.33. The average Bonchev–Trinajstić information content (AvgIpc) is 2.88. The van der Waals surface area contributed by atoms with E-state index in [1.807, 2.05) is 6.92 Å². The van der Waals surface area contributed by atoms with Crippen molar-refractivity contribution in [3.05, 3.63) is 93.2 Å². The van der Waals surface area contributed by atoms with Crippen molar-refractivity contribution in [2.75, 3.05) is 11.5 Å². The SMILES string of the molecule is CCCC[S@+]([O-])N[C@H](C)c1cc(=O)n(C)cc1-c1cc(CS(=O)(=O)CC)ccc1C(=O)c1ccc(F)cc1. The predicted octanol–water partition coefficient (Wildman–Crippen LogP) is 4.47. The molecule has 38 heavy (non-hydrogen) atoms. The minimum atomic E-state index is -3.36. The number of carbonyl (C=O) groups is 1. The molecule has 0 saturated carbocycles. The Kier molecular flexibility index (Phi) is 10.1. The summed E-state index contributed by atoms with van der Waals surface area (Å²) in [7, 11) is -1.78. The smallest absolute Gasteiger partial charge is 0.250 e. The average molecular weight is 561 g/mol. The van der Waals surface area contributed by atoms with Gasteiger partial charge in [0.1, 0.15) is 11.6 Å². The predicted molar refractivity (Wildman–Crippen MR) is 150 cm³/mol. The van der Waals surface area contributed by atoms with Gasteiger partial charge in [-0.1, -0.05) is 32.4 Å². The van der Waals surface area contributed by atoms with Crippen molar-refractivity contribution in [2.45, 2.75) is 45.4 Å². The van der Waals surface area contributed by atoms with E-state index in [1.54, 1.807) is 45.3 Å². The number of unbranched alkanes of at least 4 members (excludes halogenated alkanes) is 1. The number of halogens is 1. The van der Waals surface area contributed by atoms with Crippen LogP contribution in [-0.4, -0.2) is 34.8 Å². The maximum atomic E-state index is 13.6. The Labute approximate surface area is 226 Å². The van der Waals surface area contributed by atoms with Crippen LogP contribution in [-0.2, 0) is 34.0 Å². The normalized spacial score (nSPS) is 13.3. The lowest BCUT2D eigenvalue weighted by atomic mass is 9.89. The Morgan fingerprint density at radius 2 is 1.79 bits per heavy atom. The highest BCUT2D eigenvalue weighted by Gasteiger charge is 2.24. The van der Waals surface area contributed by atoms with E-state index in [-0.39, 0.29) is 34.0 Å². The zero-order valence-corrected chi connectivity index (χ0v) is 23.6. The van der Waals surface area contributed by atoms with Crippen LogP contribution in [0.5, 0.6) is 0 Å². The number of rotatable bonds is 12. The van der Waals surface area contributed by atoms with Crippen LogP contribution in [0.2, 0.25) is 0 Å². The third kappa shape index (κ3) is 7.41. The van der Waals surface area contributed by atoms with Crippen molar-refractivity contribution in [1.82, 2.24) is 9.29 Å². The summed E-state index contributed by atoms with van der Waals surface area (Å²) < 4.78 is 55.3. The van der Waals surface area contributed by atoms with E-state index in [0.29, 0.717) is 28.0 Å². The highest BCUT2D eigenvalue weighted by molar-refractivity contribution is 7.90. The van der Waals surface area contributed by atoms with Crippen LogP contribution >= 0.6 is 0 Å². The molecule has 0 fully saturated rings. The summed E-state index contributed by atoms with van der Waals surface area (Å²) in [5.74, 6) is -0.638. The third-order valence-corrected chi connectivity index (χ3v) is 9.20. The molecule has 3 rings (SSSR count). The van der Waals surface area contributed by atoms with Crippen molar-refractivity contribution in [2.24, 2.45) is 7.05 Å². The van der Waals surface area contributed by atoms with Gasteiger partial charge in [-0.25, -0.2) is 12.8 Å². The standard InChI is InChI=1S/C28H33FN2O5S2/c1-5-7-14-37(34)30-19(3)24-16-27(32)31(4)17-26(24)25-15-20(18-38(35,36)6-2)8-13-23(25)28(33)21-9-11-22(29)12-10-21/h8-13,15-17,19,30H,5-7,14,18H2,1-4H3/t19-,37+/m1/s1. The molecule has 1 heterocycles. The third-order valence-electron chi connectivity index (χ3n) is 6.27. The summed E-state index contributed by atoms with van der Waals surface area (Å²) in [6.07, 6.45) is 3.26. The molecule has 0 aliphatic rings. The monoisotopic (exact) mass is 560 g/mol. The Morgan fingerprint density at radius 3 is 2.42 bits per heavy atom. The number of carbonyl (C=O) groups excluding carboxylic acids is 1. The fourth-order valence-corrected chi connectivity index (χ4v) is 6.12. The van der Waals surface area contributed by atoms with Crippen molar-refractivity contribution in [1.29, 1.82) is 0 Å². The number of ketones is 1. The summed E-state index contributed by atoms with van der Waals surface area (Å²) in [5, 5.41) is 0. The van der Waals surface area contributed by atoms with Gasteiger partial charge in [-0.3, -0.25) is 9.59 Å². The number of aryl methyl sites for hydroxylation is 1. The number of hydrogen-bond acceptors (Lipinski definition) is 6. The van der Waals surface area contributed by atoms with Crippen LogP contribution in [0.3, 0.4) is 0 Å². The van der Waals surface area contributed by atoms with Crippen LogP contribution in [0.4, 0.5) is 4.39 Å². The van der Waals surface area contributed by atoms with Gasteiger partial charge in [-0.15, -0.1) is 4.72 Å². The zero-order valence-electron chi connectivity index (χ0n) is 22.0. The molecule has 0 radical (unpaired) electrons. The van der Waals surface area contributed by atoms with E-state index >= 15 is 0 Å². The molecule has 0 amide bonds. The van der Waals surface area contributed by atoms with Gasteiger partial charge in [0.2, 0.25) is 0 Å². The summed E-state index contributed by atoms with van der Waals surface area (Å²) in [4.78, 5) is 26.2. The Bertz CT molecular complexity index is 1450. The lowest BCUT2D eigenvalue weighted by molar-refractivity contribution is 0.103. The van der Waals surface area contributed by atoms with Gasteiger partial charge in [0.15, 0.2) is 15.6 Å². The molecule has 0 unspecified atom stereocenters. The highest BCUT2D eigenvalue weighted by Crippen LogP contribution is 2.33. The fraction of sp³-hybridized carbons (Fsp3) is 0.357. The number of benzene rings is 2. The topological polar surface area (TPSA) is 108 Å². The van der Waals surface area contributed by atoms with Gasteiger partial charge < -0.3 is 9.12 Å². The highest BCUT2D eigenvalue weighted by atomic mass is 32.2. The molecule has 3 aromatic rings. The van der Waals surface area contributed by atoms with E-state index in [4.69, 9.17) is 0 Å². The first-order chi connectivity index (χ1) is 18.0. The molecule has 204 valence electrons. The maximum Gasteiger partial charge on any atom is 0.250 e. The molecular formula is C28H33FN2O5S2. The van der Waals surface area contributed by atoms with Gasteiger partial charge in [0, 0.05) is 53.1 Å². The second-order valence-corrected chi connectivity index (χ2v) is 12.9. The van der Waals surface area contributed by atoms with Crippen LogP contribution in [0.15, 0.2) is 59.5 Å². The van der Waals surface area contributed by atoms with Crippen molar-refractivity contribution < 1.29 is 22.2 Å². The quantitative estimate of drug-likeness (QED) is 0.259. The van der Waals surface area contributed by atoms with E-state index in [9.17, 15) is 27.0 Å². The van der Waals surface area contributed by atoms with Crippen LogP contribution in [0.1, 0.15) is 66.7 Å². The second-order valence-electron chi connectivity index (χ2n) is 9.23. The minimum absolute atomic E-state index is 0.0335. The van der Waals surface area contributed by atoms with Crippen molar-refractivity contribution >= 4 is 27.0 Å². The number of pyridine rings is 1. The Hall–Kier alpha value is -2.79. The van der Waals surface area contributed by atoms with E-state index in [1.165, 1.54) is 34.9 Å². The molecule has 10 heteroatoms. The fourth-order valence-electron chi connectivity index (χ4n) is 4.04. The second kappa shape index (κ2) is 12.8. The summed E-state index contributed by atoms with van der Waals surface area (Å²) in [6, 6.07) is 10.9. The molecule has 2 atom stereocenters. The first-order valence-corrected chi connectivity index (χ1v) is 15.6. The van der Waals surface area contributed by atoms with Crippen molar-refractivity contribution in [3.8, 4) is 11.1 Å². The first-order valence-electron chi connectivity index (χ1n) is 12.4. The number of nitrogens with zero attached hydrogens (tertiary/aromatic N) is 1. The van der Waals surface area contributed by atoms with Crippen LogP contribution < -0.4 is 10.3 Å². The van der Waals surface area contributed by atoms with Gasteiger partial charge in [0.05, 0.1) is 11.8 Å². The van der Waals surface area contributed by atoms with E-state index in [0.717, 1.165) is 12.8 Å². The molecule has 7 nitrogen and oxygen atoms in total. The molecular weight excluding hydrogens is 527 g/mol. The van der Waals surface area contributed by atoms with Gasteiger partial charge in [0.25, 0.3) is 5.56 Å². The number of nitrogens with one attached hydrogen (secondary N) is 1. The number of sulfone groups is 1. The lowest BCUT2D eigenvalue weighted by Gasteiger charge is -2.21. The Balaban J connectivity index is 2.21. The van der Waals surface area contributed by atoms with Crippen molar-refractivity contribution in [3.63, 3.8) is 0 Å². The first kappa shape index (κ1) is 29.8. The van der Waals surface area contributed by atoms with Gasteiger partial charge >= 0.3 is 0 Å². The lowest BCUT2D eigenvalue weighted by Crippen LogP contribution is -2.30. The summed E-state index contributed by atoms with van der Waals surface area (Å²) in [6.45, 7) is 5.36. The molecule has 0 bridgehead atoms. The van der Waals surface area contributed by atoms with Gasteiger partial charge in [-0.05, 0) is 60.4 Å². The molecule has 2 aromatic carbocycles. The minimum Gasteiger partial charge on any atom is -0.598 e. The maximum absolute atomic E-state index is 13.6. The van der Waals surface area contributed by atoms with Crippen LogP contribution in [0.25, 0.3) is 11.1 Å². The molecule has 0 saturated heterocycles. The number of aromatic nitrogens is 1. The molecule has 0 aliphatic carbocycles. The zero-order chi connectivity index (χ0) is 28.0. The Morgan fingerprint density at radius 1 is 1.11 bits per heavy atom. The van der Waals surface area contributed by atoms with E-state index < -0.39 is 33.1 Å². The molecule has 0 aliphatic heterocycles. The largest absolute Gasteiger partial charge is 0.598 e.